The van der Waals surface area contributed by atoms with Crippen molar-refractivity contribution in [1.82, 2.24) is 5.32 Å². The van der Waals surface area contributed by atoms with Gasteiger partial charge in [-0.05, 0) is 57.7 Å². The highest BCUT2D eigenvalue weighted by atomic mass is 79.9. The van der Waals surface area contributed by atoms with Crippen LogP contribution >= 0.6 is 15.9 Å². The van der Waals surface area contributed by atoms with Gasteiger partial charge in [-0.1, -0.05) is 12.1 Å². The highest BCUT2D eigenvalue weighted by Gasteiger charge is 2.30. The second-order valence-corrected chi connectivity index (χ2v) is 8.51. The van der Waals surface area contributed by atoms with Crippen molar-refractivity contribution in [3.8, 4) is 0 Å². The summed E-state index contributed by atoms with van der Waals surface area (Å²) in [6, 6.07) is 9.28. The zero-order chi connectivity index (χ0) is 22.8. The van der Waals surface area contributed by atoms with Crippen molar-refractivity contribution in [3.05, 3.63) is 69.6 Å². The first-order chi connectivity index (χ1) is 15.4. The lowest BCUT2D eigenvalue weighted by molar-refractivity contribution is -0.121. The molecule has 2 heterocycles. The van der Waals surface area contributed by atoms with E-state index in [1.165, 1.54) is 23.2 Å². The van der Waals surface area contributed by atoms with Crippen LogP contribution in [0.15, 0.2) is 52.6 Å². The van der Waals surface area contributed by atoms with Crippen molar-refractivity contribution in [3.63, 3.8) is 0 Å². The van der Waals surface area contributed by atoms with E-state index in [1.807, 2.05) is 6.07 Å². The van der Waals surface area contributed by atoms with Gasteiger partial charge in [-0.2, -0.15) is 0 Å². The standard InChI is InChI=1S/C23H21BrFN3O4/c24-18-9-14-3-6-22(31)28(7-8-29)20(14)11-19(18)27-23(32)17-12-26-21(30)10-16(17)13-1-4-15(25)5-2-13/h1-2,4-5,9,11-12,16,29H,3,6-8,10H2,(H,26,30)(H,27,32). The third kappa shape index (κ3) is 4.44. The summed E-state index contributed by atoms with van der Waals surface area (Å²) >= 11 is 3.48. The average Bonchev–Trinajstić information content (AvgIpc) is 2.77. The van der Waals surface area contributed by atoms with Gasteiger partial charge in [-0.15, -0.1) is 0 Å². The lowest BCUT2D eigenvalue weighted by atomic mass is 9.86. The molecule has 2 aliphatic heterocycles. The molecule has 2 aromatic rings. The lowest BCUT2D eigenvalue weighted by Crippen LogP contribution is -2.37. The Kier molecular flexibility index (Phi) is 6.38. The molecule has 1 atom stereocenters. The Balaban J connectivity index is 1.63. The molecule has 0 spiro atoms. The van der Waals surface area contributed by atoms with Gasteiger partial charge in [0.2, 0.25) is 11.8 Å². The molecule has 0 radical (unpaired) electrons. The molecule has 166 valence electrons. The van der Waals surface area contributed by atoms with Crippen molar-refractivity contribution in [1.29, 1.82) is 0 Å². The summed E-state index contributed by atoms with van der Waals surface area (Å²) in [5, 5.41) is 14.8. The van der Waals surface area contributed by atoms with Crippen molar-refractivity contribution in [2.24, 2.45) is 0 Å². The maximum atomic E-state index is 13.3. The minimum absolute atomic E-state index is 0.0645. The number of rotatable bonds is 5. The van der Waals surface area contributed by atoms with Gasteiger partial charge in [0.25, 0.3) is 5.91 Å². The Hall–Kier alpha value is -3.04. The number of aliphatic hydroxyl groups is 1. The number of anilines is 2. The van der Waals surface area contributed by atoms with Crippen LogP contribution in [0.4, 0.5) is 15.8 Å². The molecule has 9 heteroatoms. The average molecular weight is 502 g/mol. The summed E-state index contributed by atoms with van der Waals surface area (Å²) in [7, 11) is 0. The summed E-state index contributed by atoms with van der Waals surface area (Å²) < 4.78 is 14.0. The Bertz CT molecular complexity index is 1120. The topological polar surface area (TPSA) is 98.7 Å². The number of β-amino-alcohol motifs (C(OH)–C–C–N with tert-alkyl or cyclic N) is 1. The Labute approximate surface area is 192 Å². The van der Waals surface area contributed by atoms with Gasteiger partial charge >= 0.3 is 0 Å². The minimum Gasteiger partial charge on any atom is -0.395 e. The van der Waals surface area contributed by atoms with Gasteiger partial charge in [0.05, 0.1) is 12.3 Å². The van der Waals surface area contributed by atoms with E-state index in [1.54, 1.807) is 18.2 Å². The smallest absolute Gasteiger partial charge is 0.253 e. The summed E-state index contributed by atoms with van der Waals surface area (Å²) in [5.74, 6) is -1.66. The van der Waals surface area contributed by atoms with E-state index in [4.69, 9.17) is 0 Å². The van der Waals surface area contributed by atoms with Crippen LogP contribution < -0.4 is 15.5 Å². The first kappa shape index (κ1) is 22.2. The molecule has 3 amide bonds. The van der Waals surface area contributed by atoms with Crippen LogP contribution in [0, 0.1) is 5.82 Å². The van der Waals surface area contributed by atoms with Gasteiger partial charge in [0, 0.05) is 47.2 Å². The number of carbonyl (C=O) groups excluding carboxylic acids is 3. The SMILES string of the molecule is O=C1CC(c2ccc(F)cc2)C(C(=O)Nc2cc3c(cc2Br)CCC(=O)N3CCO)=CN1. The summed E-state index contributed by atoms with van der Waals surface area (Å²) in [5.41, 5.74) is 3.05. The van der Waals surface area contributed by atoms with Gasteiger partial charge in [-0.3, -0.25) is 14.4 Å². The molecular weight excluding hydrogens is 481 g/mol. The number of hydrogen-bond acceptors (Lipinski definition) is 4. The number of halogens is 2. The van der Waals surface area contributed by atoms with Crippen LogP contribution in [0.2, 0.25) is 0 Å². The maximum Gasteiger partial charge on any atom is 0.253 e. The molecule has 0 saturated heterocycles. The van der Waals surface area contributed by atoms with Gasteiger partial charge < -0.3 is 20.6 Å². The van der Waals surface area contributed by atoms with Crippen molar-refractivity contribution >= 4 is 45.0 Å². The second-order valence-electron chi connectivity index (χ2n) is 7.66. The molecule has 0 bridgehead atoms. The number of fused-ring (bicyclic) bond motifs is 1. The van der Waals surface area contributed by atoms with E-state index in [-0.39, 0.29) is 31.4 Å². The normalized spacial score (nSPS) is 18.0. The molecule has 2 aliphatic rings. The first-order valence-electron chi connectivity index (χ1n) is 10.2. The molecule has 1 unspecified atom stereocenters. The molecule has 0 saturated carbocycles. The van der Waals surface area contributed by atoms with E-state index in [9.17, 15) is 23.9 Å². The minimum atomic E-state index is -0.520. The van der Waals surface area contributed by atoms with Crippen LogP contribution in [-0.2, 0) is 20.8 Å². The van der Waals surface area contributed by atoms with Crippen LogP contribution in [0.5, 0.6) is 0 Å². The molecule has 0 aliphatic carbocycles. The van der Waals surface area contributed by atoms with E-state index >= 15 is 0 Å². The fourth-order valence-electron chi connectivity index (χ4n) is 4.03. The number of aliphatic hydroxyl groups excluding tert-OH is 1. The molecular formula is C23H21BrFN3O4. The predicted octanol–water partition coefficient (Wildman–Crippen LogP) is 2.99. The summed E-state index contributed by atoms with van der Waals surface area (Å²) in [6.07, 6.45) is 2.38. The molecule has 2 aromatic carbocycles. The van der Waals surface area contributed by atoms with Crippen LogP contribution in [0.1, 0.15) is 29.9 Å². The van der Waals surface area contributed by atoms with Gasteiger partial charge in [-0.25, -0.2) is 4.39 Å². The van der Waals surface area contributed by atoms with Crippen LogP contribution in [0.25, 0.3) is 0 Å². The predicted molar refractivity (Wildman–Crippen MR) is 121 cm³/mol. The number of nitrogens with one attached hydrogen (secondary N) is 2. The fraction of sp³-hybridized carbons (Fsp3) is 0.261. The van der Waals surface area contributed by atoms with E-state index in [0.717, 1.165) is 5.56 Å². The summed E-state index contributed by atoms with van der Waals surface area (Å²) in [6.45, 7) is -0.000449. The van der Waals surface area contributed by atoms with Crippen molar-refractivity contribution < 1.29 is 23.9 Å². The largest absolute Gasteiger partial charge is 0.395 e. The number of amides is 3. The highest BCUT2D eigenvalue weighted by Crippen LogP contribution is 2.37. The molecule has 0 aromatic heterocycles. The van der Waals surface area contributed by atoms with Crippen molar-refractivity contribution in [2.45, 2.75) is 25.2 Å². The molecule has 7 nitrogen and oxygen atoms in total. The zero-order valence-electron chi connectivity index (χ0n) is 17.0. The molecule has 3 N–H and O–H groups in total. The van der Waals surface area contributed by atoms with Crippen LogP contribution in [-0.4, -0.2) is 36.0 Å². The zero-order valence-corrected chi connectivity index (χ0v) is 18.6. The number of hydrogen-bond donors (Lipinski definition) is 3. The Morgan fingerprint density at radius 1 is 1.22 bits per heavy atom. The first-order valence-corrected chi connectivity index (χ1v) is 11.0. The second kappa shape index (κ2) is 9.22. The third-order valence-corrected chi connectivity index (χ3v) is 6.28. The van der Waals surface area contributed by atoms with E-state index < -0.39 is 17.6 Å². The number of carbonyl (C=O) groups is 3. The highest BCUT2D eigenvalue weighted by molar-refractivity contribution is 9.10. The van der Waals surface area contributed by atoms with Crippen molar-refractivity contribution in [2.75, 3.05) is 23.4 Å². The third-order valence-electron chi connectivity index (χ3n) is 5.63. The molecule has 4 rings (SSSR count). The van der Waals surface area contributed by atoms with E-state index in [2.05, 4.69) is 26.6 Å². The summed E-state index contributed by atoms with van der Waals surface area (Å²) in [4.78, 5) is 39.0. The van der Waals surface area contributed by atoms with Gasteiger partial charge in [0.15, 0.2) is 0 Å². The fourth-order valence-corrected chi connectivity index (χ4v) is 4.52. The lowest BCUT2D eigenvalue weighted by Gasteiger charge is -2.30. The maximum absolute atomic E-state index is 13.3. The number of nitrogens with zero attached hydrogens (tertiary/aromatic N) is 1. The van der Waals surface area contributed by atoms with Gasteiger partial charge in [0.1, 0.15) is 5.82 Å². The number of aryl methyl sites for hydroxylation is 1. The van der Waals surface area contributed by atoms with E-state index in [0.29, 0.717) is 39.8 Å². The Morgan fingerprint density at radius 3 is 2.69 bits per heavy atom. The monoisotopic (exact) mass is 501 g/mol. The van der Waals surface area contributed by atoms with Crippen LogP contribution in [0.3, 0.4) is 0 Å². The molecule has 0 fully saturated rings. The quantitative estimate of drug-likeness (QED) is 0.586. The molecule has 32 heavy (non-hydrogen) atoms. The Morgan fingerprint density at radius 2 is 1.97 bits per heavy atom. The number of benzene rings is 2.